The third-order valence-electron chi connectivity index (χ3n) is 4.78. The van der Waals surface area contributed by atoms with Gasteiger partial charge in [-0.3, -0.25) is 9.59 Å². The molecule has 0 saturated carbocycles. The summed E-state index contributed by atoms with van der Waals surface area (Å²) in [4.78, 5) is 27.5. The minimum absolute atomic E-state index is 0.0295. The number of hydrogen-bond acceptors (Lipinski definition) is 3. The van der Waals surface area contributed by atoms with Crippen molar-refractivity contribution < 1.29 is 9.59 Å². The number of benzene rings is 2. The molecule has 148 valence electrons. The Morgan fingerprint density at radius 1 is 1.14 bits per heavy atom. The van der Waals surface area contributed by atoms with Gasteiger partial charge in [0.15, 0.2) is 0 Å². The zero-order valence-corrected chi connectivity index (χ0v) is 17.7. The number of nitrogens with zero attached hydrogens (tertiary/aromatic N) is 1. The lowest BCUT2D eigenvalue weighted by molar-refractivity contribution is -0.142. The minimum atomic E-state index is -0.489. The van der Waals surface area contributed by atoms with Crippen LogP contribution in [0.2, 0.25) is 5.02 Å². The number of carbonyl (C=O) groups is 2. The van der Waals surface area contributed by atoms with E-state index in [0.717, 1.165) is 12.0 Å². The predicted octanol–water partition coefficient (Wildman–Crippen LogP) is 4.30. The second-order valence-electron chi connectivity index (χ2n) is 7.15. The maximum Gasteiger partial charge on any atom is 0.243 e. The highest BCUT2D eigenvalue weighted by molar-refractivity contribution is 7.99. The van der Waals surface area contributed by atoms with Gasteiger partial charge < -0.3 is 10.2 Å². The molecule has 2 amide bonds. The lowest BCUT2D eigenvalue weighted by atomic mass is 10.1. The van der Waals surface area contributed by atoms with Crippen LogP contribution in [-0.4, -0.2) is 35.1 Å². The van der Waals surface area contributed by atoms with Gasteiger partial charge >= 0.3 is 0 Å². The van der Waals surface area contributed by atoms with E-state index in [2.05, 4.69) is 5.32 Å². The summed E-state index contributed by atoms with van der Waals surface area (Å²) >= 11 is 7.97. The molecule has 1 fully saturated rings. The molecule has 28 heavy (non-hydrogen) atoms. The van der Waals surface area contributed by atoms with Crippen LogP contribution in [0.1, 0.15) is 30.3 Å². The van der Waals surface area contributed by atoms with Crippen molar-refractivity contribution in [2.75, 3.05) is 12.3 Å². The fourth-order valence-corrected chi connectivity index (χ4v) is 5.06. The van der Waals surface area contributed by atoms with E-state index in [1.165, 1.54) is 5.56 Å². The smallest absolute Gasteiger partial charge is 0.243 e. The number of amides is 2. The van der Waals surface area contributed by atoms with E-state index < -0.39 is 6.04 Å². The van der Waals surface area contributed by atoms with Crippen molar-refractivity contribution in [3.05, 3.63) is 70.7 Å². The van der Waals surface area contributed by atoms with Crippen molar-refractivity contribution in [1.82, 2.24) is 10.2 Å². The zero-order chi connectivity index (χ0) is 20.1. The van der Waals surface area contributed by atoms with Crippen LogP contribution in [0.15, 0.2) is 54.6 Å². The summed E-state index contributed by atoms with van der Waals surface area (Å²) in [5.74, 6) is 0.235. The number of carbonyl (C=O) groups excluding carboxylic acids is 2. The van der Waals surface area contributed by atoms with Gasteiger partial charge in [-0.1, -0.05) is 74.0 Å². The molecule has 2 aromatic carbocycles. The van der Waals surface area contributed by atoms with Crippen LogP contribution in [0, 0.1) is 5.92 Å². The lowest BCUT2D eigenvalue weighted by Gasteiger charge is -2.31. The molecular weight excluding hydrogens is 392 g/mol. The van der Waals surface area contributed by atoms with Crippen LogP contribution >= 0.6 is 23.4 Å². The Kier molecular flexibility index (Phi) is 7.03. The molecule has 2 unspecified atom stereocenters. The third-order valence-corrected chi connectivity index (χ3v) is 6.43. The van der Waals surface area contributed by atoms with Gasteiger partial charge in [0.25, 0.3) is 0 Å². The highest BCUT2D eigenvalue weighted by Crippen LogP contribution is 2.44. The van der Waals surface area contributed by atoms with E-state index in [-0.39, 0.29) is 23.1 Å². The molecule has 0 aromatic heterocycles. The van der Waals surface area contributed by atoms with Crippen LogP contribution in [0.4, 0.5) is 0 Å². The largest absolute Gasteiger partial charge is 0.354 e. The molecule has 0 radical (unpaired) electrons. The highest BCUT2D eigenvalue weighted by Gasteiger charge is 2.43. The Labute approximate surface area is 175 Å². The van der Waals surface area contributed by atoms with Gasteiger partial charge in [0.2, 0.25) is 11.8 Å². The molecule has 1 aliphatic heterocycles. The van der Waals surface area contributed by atoms with Crippen LogP contribution < -0.4 is 5.32 Å². The average Bonchev–Trinajstić information content (AvgIpc) is 3.13. The molecule has 1 saturated heterocycles. The first kappa shape index (κ1) is 20.7. The minimum Gasteiger partial charge on any atom is -0.354 e. The molecule has 6 heteroatoms. The molecule has 0 spiro atoms. The Hall–Kier alpha value is -1.98. The number of halogens is 1. The van der Waals surface area contributed by atoms with Gasteiger partial charge in [-0.05, 0) is 18.1 Å². The average molecular weight is 417 g/mol. The van der Waals surface area contributed by atoms with Crippen LogP contribution in [0.25, 0.3) is 0 Å². The maximum absolute atomic E-state index is 12.9. The summed E-state index contributed by atoms with van der Waals surface area (Å²) in [6.45, 7) is 4.27. The van der Waals surface area contributed by atoms with Gasteiger partial charge in [-0.2, -0.15) is 0 Å². The normalized spacial score (nSPS) is 19.1. The van der Waals surface area contributed by atoms with Crippen molar-refractivity contribution in [2.24, 2.45) is 5.92 Å². The first-order valence-corrected chi connectivity index (χ1v) is 10.9. The van der Waals surface area contributed by atoms with Crippen LogP contribution in [0.3, 0.4) is 0 Å². The SMILES string of the molecule is CC(C)C(=O)N1C(C(=O)NCCc2ccccc2)CSC1c1ccccc1Cl. The fraction of sp³-hybridized carbons (Fsp3) is 0.364. The Bertz CT molecular complexity index is 828. The predicted molar refractivity (Wildman–Crippen MR) is 115 cm³/mol. The van der Waals surface area contributed by atoms with Gasteiger partial charge in [0, 0.05) is 28.8 Å². The summed E-state index contributed by atoms with van der Waals surface area (Å²) < 4.78 is 0. The molecule has 0 aliphatic carbocycles. The van der Waals surface area contributed by atoms with Gasteiger partial charge in [-0.25, -0.2) is 0 Å². The van der Waals surface area contributed by atoms with Crippen LogP contribution in [0.5, 0.6) is 0 Å². The standard InChI is InChI=1S/C22H25ClN2O2S/c1-15(2)21(27)25-19(14-28-22(25)17-10-6-7-11-18(17)23)20(26)24-13-12-16-8-4-3-5-9-16/h3-11,15,19,22H,12-14H2,1-2H3,(H,24,26). The van der Waals surface area contributed by atoms with Crippen molar-refractivity contribution in [3.63, 3.8) is 0 Å². The van der Waals surface area contributed by atoms with Crippen molar-refractivity contribution in [3.8, 4) is 0 Å². The summed E-state index contributed by atoms with van der Waals surface area (Å²) in [5, 5.41) is 3.38. The molecule has 2 atom stereocenters. The van der Waals surface area contributed by atoms with Crippen molar-refractivity contribution in [2.45, 2.75) is 31.7 Å². The first-order chi connectivity index (χ1) is 13.5. The lowest BCUT2D eigenvalue weighted by Crippen LogP contribution is -2.49. The molecule has 0 bridgehead atoms. The number of rotatable bonds is 6. The summed E-state index contributed by atoms with van der Waals surface area (Å²) in [5.41, 5.74) is 2.05. The van der Waals surface area contributed by atoms with Crippen molar-refractivity contribution in [1.29, 1.82) is 0 Å². The summed E-state index contributed by atoms with van der Waals surface area (Å²) in [6, 6.07) is 17.1. The fourth-order valence-electron chi connectivity index (χ4n) is 3.28. The molecule has 2 aromatic rings. The zero-order valence-electron chi connectivity index (χ0n) is 16.1. The molecule has 1 aliphatic rings. The second-order valence-corrected chi connectivity index (χ2v) is 8.67. The number of hydrogen-bond donors (Lipinski definition) is 1. The number of nitrogens with one attached hydrogen (secondary N) is 1. The monoisotopic (exact) mass is 416 g/mol. The van der Waals surface area contributed by atoms with Crippen LogP contribution in [-0.2, 0) is 16.0 Å². The molecular formula is C22H25ClN2O2S. The van der Waals surface area contributed by atoms with E-state index in [9.17, 15) is 9.59 Å². The Morgan fingerprint density at radius 3 is 2.50 bits per heavy atom. The molecule has 3 rings (SSSR count). The summed E-state index contributed by atoms with van der Waals surface area (Å²) in [6.07, 6.45) is 0.762. The van der Waals surface area contributed by atoms with Crippen molar-refractivity contribution >= 4 is 35.2 Å². The Balaban J connectivity index is 1.73. The highest BCUT2D eigenvalue weighted by atomic mass is 35.5. The van der Waals surface area contributed by atoms with Gasteiger partial charge in [0.05, 0.1) is 0 Å². The van der Waals surface area contributed by atoms with E-state index in [4.69, 9.17) is 11.6 Å². The van der Waals surface area contributed by atoms with E-state index in [1.807, 2.05) is 68.4 Å². The topological polar surface area (TPSA) is 49.4 Å². The third kappa shape index (κ3) is 4.70. The number of thioether (sulfide) groups is 1. The molecule has 1 heterocycles. The maximum atomic E-state index is 12.9. The van der Waals surface area contributed by atoms with E-state index in [1.54, 1.807) is 16.7 Å². The molecule has 1 N–H and O–H groups in total. The molecule has 4 nitrogen and oxygen atoms in total. The summed E-state index contributed by atoms with van der Waals surface area (Å²) in [7, 11) is 0. The van der Waals surface area contributed by atoms with E-state index >= 15 is 0 Å². The Morgan fingerprint density at radius 2 is 1.82 bits per heavy atom. The first-order valence-electron chi connectivity index (χ1n) is 9.49. The second kappa shape index (κ2) is 9.48. The van der Waals surface area contributed by atoms with Gasteiger partial charge in [-0.15, -0.1) is 11.8 Å². The quantitative estimate of drug-likeness (QED) is 0.763. The van der Waals surface area contributed by atoms with E-state index in [0.29, 0.717) is 17.3 Å². The van der Waals surface area contributed by atoms with Gasteiger partial charge in [0.1, 0.15) is 11.4 Å².